The Morgan fingerprint density at radius 2 is 1.72 bits per heavy atom. The molecule has 0 heterocycles. The van der Waals surface area contributed by atoms with Crippen molar-refractivity contribution in [2.45, 2.75) is 55.5 Å². The maximum atomic E-state index is 13.9. The zero-order valence-corrected chi connectivity index (χ0v) is 20.5. The third kappa shape index (κ3) is 5.33. The number of unbranched alkanes of at least 4 members (excludes halogenated alkanes) is 2. The molecule has 0 aliphatic rings. The fourth-order valence-corrected chi connectivity index (χ4v) is 5.88. The highest BCUT2D eigenvalue weighted by Crippen LogP contribution is 2.46. The van der Waals surface area contributed by atoms with Gasteiger partial charge in [0.2, 0.25) is 15.7 Å². The van der Waals surface area contributed by atoms with Crippen molar-refractivity contribution in [3.63, 3.8) is 0 Å². The summed E-state index contributed by atoms with van der Waals surface area (Å²) in [5, 5.41) is 22.0. The largest absolute Gasteiger partial charge is 0.507 e. The molecular weight excluding hydrogens is 495 g/mol. The molecule has 192 valence electrons. The second-order valence-electron chi connectivity index (χ2n) is 8.51. The number of phenolic OH excluding ortho intramolecular Hbond substituents is 2. The highest BCUT2D eigenvalue weighted by atomic mass is 32.2. The highest BCUT2D eigenvalue weighted by molar-refractivity contribution is 7.91. The highest BCUT2D eigenvalue weighted by Gasteiger charge is 2.36. The molecule has 4 N–H and O–H groups in total. The zero-order valence-electron chi connectivity index (χ0n) is 19.7. The van der Waals surface area contributed by atoms with E-state index in [1.807, 2.05) is 6.92 Å². The number of nitrogens with two attached hydrogens (primary N) is 1. The van der Waals surface area contributed by atoms with Crippen molar-refractivity contribution < 1.29 is 36.6 Å². The second kappa shape index (κ2) is 10.2. The molecule has 0 radical (unpaired) electrons. The molecule has 0 fully saturated rings. The van der Waals surface area contributed by atoms with Crippen molar-refractivity contribution >= 4 is 15.7 Å². The average molecular weight is 522 g/mol. The maximum Gasteiger partial charge on any atom is 0.416 e. The number of hydrogen-bond acceptors (Lipinski definition) is 5. The third-order valence-electron chi connectivity index (χ3n) is 5.80. The monoisotopic (exact) mass is 521 g/mol. The van der Waals surface area contributed by atoms with E-state index < -0.39 is 48.6 Å². The third-order valence-corrected chi connectivity index (χ3v) is 7.71. The Morgan fingerprint density at radius 3 is 2.31 bits per heavy atom. The van der Waals surface area contributed by atoms with E-state index in [9.17, 15) is 36.6 Å². The van der Waals surface area contributed by atoms with Crippen LogP contribution < -0.4 is 5.73 Å². The van der Waals surface area contributed by atoms with Crippen molar-refractivity contribution in [3.05, 3.63) is 70.8 Å². The van der Waals surface area contributed by atoms with Crippen LogP contribution in [0.25, 0.3) is 11.1 Å². The van der Waals surface area contributed by atoms with Gasteiger partial charge in [-0.1, -0.05) is 49.6 Å². The molecule has 0 aromatic heterocycles. The number of primary amides is 1. The Labute approximate surface area is 207 Å². The lowest BCUT2D eigenvalue weighted by molar-refractivity contribution is -0.137. The van der Waals surface area contributed by atoms with Crippen molar-refractivity contribution in [1.29, 1.82) is 0 Å². The van der Waals surface area contributed by atoms with Crippen LogP contribution in [0.4, 0.5) is 13.2 Å². The second-order valence-corrected chi connectivity index (χ2v) is 10.4. The molecule has 6 nitrogen and oxygen atoms in total. The van der Waals surface area contributed by atoms with Crippen molar-refractivity contribution in [1.82, 2.24) is 0 Å². The van der Waals surface area contributed by atoms with E-state index >= 15 is 0 Å². The number of sulfone groups is 1. The van der Waals surface area contributed by atoms with Gasteiger partial charge in [0.05, 0.1) is 21.6 Å². The fraction of sp³-hybridized carbons (Fsp3) is 0.269. The Balaban J connectivity index is 2.39. The molecular formula is C26H26F3NO5S. The number of hydrogen-bond donors (Lipinski definition) is 3. The van der Waals surface area contributed by atoms with Gasteiger partial charge in [-0.05, 0) is 55.2 Å². The number of phenols is 2. The number of rotatable bonds is 8. The van der Waals surface area contributed by atoms with Gasteiger partial charge < -0.3 is 15.9 Å². The first kappa shape index (κ1) is 27.1. The van der Waals surface area contributed by atoms with Crippen LogP contribution in [0.15, 0.2) is 58.3 Å². The number of alkyl halides is 3. The van der Waals surface area contributed by atoms with E-state index in [1.54, 1.807) is 31.2 Å². The van der Waals surface area contributed by atoms with Gasteiger partial charge in [0, 0.05) is 0 Å². The number of amides is 1. The predicted octanol–water partition coefficient (Wildman–Crippen LogP) is 5.76. The smallest absolute Gasteiger partial charge is 0.416 e. The van der Waals surface area contributed by atoms with Gasteiger partial charge in [-0.3, -0.25) is 4.79 Å². The van der Waals surface area contributed by atoms with E-state index in [1.165, 1.54) is 6.07 Å². The quantitative estimate of drug-likeness (QED) is 0.326. The predicted molar refractivity (Wildman–Crippen MR) is 129 cm³/mol. The summed E-state index contributed by atoms with van der Waals surface area (Å²) >= 11 is 0. The molecule has 0 saturated carbocycles. The van der Waals surface area contributed by atoms with Gasteiger partial charge >= 0.3 is 6.18 Å². The molecule has 0 aliphatic carbocycles. The van der Waals surface area contributed by atoms with Crippen LogP contribution in [0.2, 0.25) is 0 Å². The average Bonchev–Trinajstić information content (AvgIpc) is 2.78. The molecule has 0 saturated heterocycles. The summed E-state index contributed by atoms with van der Waals surface area (Å²) in [7, 11) is -4.92. The van der Waals surface area contributed by atoms with E-state index in [4.69, 9.17) is 5.73 Å². The van der Waals surface area contributed by atoms with Gasteiger partial charge in [0.15, 0.2) is 0 Å². The summed E-state index contributed by atoms with van der Waals surface area (Å²) < 4.78 is 68.0. The molecule has 36 heavy (non-hydrogen) atoms. The first-order chi connectivity index (χ1) is 16.8. The van der Waals surface area contributed by atoms with Crippen LogP contribution in [0.3, 0.4) is 0 Å². The number of aryl methyl sites for hydroxylation is 2. The minimum Gasteiger partial charge on any atom is -0.507 e. The molecule has 1 amide bonds. The summed E-state index contributed by atoms with van der Waals surface area (Å²) in [5.41, 5.74) is 4.25. The topological polar surface area (TPSA) is 118 Å². The summed E-state index contributed by atoms with van der Waals surface area (Å²) in [6.07, 6.45) is -2.79. The summed E-state index contributed by atoms with van der Waals surface area (Å²) in [5.74, 6) is -2.45. The number of carbonyl (C=O) groups is 1. The van der Waals surface area contributed by atoms with Crippen LogP contribution in [-0.4, -0.2) is 24.5 Å². The minimum atomic E-state index is -4.92. The van der Waals surface area contributed by atoms with E-state index in [-0.39, 0.29) is 23.3 Å². The Kier molecular flexibility index (Phi) is 7.68. The SMILES string of the molecule is CCCCCc1cc(O)c(-c2cccc(C)c2)c(O)c1S(=O)(=O)c1cc(C(F)(F)F)ccc1C(N)=O. The molecule has 0 aliphatic heterocycles. The van der Waals surface area contributed by atoms with Gasteiger partial charge in [-0.25, -0.2) is 8.42 Å². The van der Waals surface area contributed by atoms with Gasteiger partial charge in [0.1, 0.15) is 16.4 Å². The van der Waals surface area contributed by atoms with Gasteiger partial charge in [-0.2, -0.15) is 13.2 Å². The molecule has 0 unspecified atom stereocenters. The van der Waals surface area contributed by atoms with Crippen LogP contribution in [0.5, 0.6) is 11.5 Å². The van der Waals surface area contributed by atoms with Crippen molar-refractivity contribution in [2.24, 2.45) is 5.73 Å². The summed E-state index contributed by atoms with van der Waals surface area (Å²) in [6, 6.07) is 9.36. The number of aromatic hydroxyl groups is 2. The molecule has 3 aromatic rings. The Hall–Kier alpha value is -3.53. The van der Waals surface area contributed by atoms with Gasteiger partial charge in [-0.15, -0.1) is 0 Å². The molecule has 10 heteroatoms. The number of benzene rings is 3. The number of carbonyl (C=O) groups excluding carboxylic acids is 1. The number of halogens is 3. The molecule has 0 spiro atoms. The molecule has 3 aromatic carbocycles. The minimum absolute atomic E-state index is 0.0164. The summed E-state index contributed by atoms with van der Waals surface area (Å²) in [6.45, 7) is 3.69. The summed E-state index contributed by atoms with van der Waals surface area (Å²) in [4.78, 5) is 10.3. The molecule has 0 bridgehead atoms. The van der Waals surface area contributed by atoms with Gasteiger partial charge in [0.25, 0.3) is 0 Å². The normalized spacial score (nSPS) is 12.0. The van der Waals surface area contributed by atoms with E-state index in [2.05, 4.69) is 0 Å². The van der Waals surface area contributed by atoms with Crippen LogP contribution in [0, 0.1) is 6.92 Å². The first-order valence-electron chi connectivity index (χ1n) is 11.2. The molecule has 0 atom stereocenters. The standard InChI is InChI=1S/C26H26F3NO5S/c1-3-4-5-8-17-13-20(31)22(16-9-6-7-15(2)12-16)23(32)24(17)36(34,35)21-14-18(26(27,28)29)10-11-19(21)25(30)33/h6-7,9-14,31-32H,3-5,8H2,1-2H3,(H2,30,33). The van der Waals surface area contributed by atoms with E-state index in [0.717, 1.165) is 12.0 Å². The van der Waals surface area contributed by atoms with Crippen LogP contribution in [0.1, 0.15) is 53.2 Å². The van der Waals surface area contributed by atoms with Crippen LogP contribution >= 0.6 is 0 Å². The van der Waals surface area contributed by atoms with Crippen molar-refractivity contribution in [2.75, 3.05) is 0 Å². The van der Waals surface area contributed by atoms with Crippen LogP contribution in [-0.2, 0) is 22.4 Å². The lowest BCUT2D eigenvalue weighted by atomic mass is 9.97. The Morgan fingerprint density at radius 1 is 1.03 bits per heavy atom. The molecule has 3 rings (SSSR count). The first-order valence-corrected chi connectivity index (χ1v) is 12.7. The van der Waals surface area contributed by atoms with E-state index in [0.29, 0.717) is 36.6 Å². The lowest BCUT2D eigenvalue weighted by Gasteiger charge is -2.19. The fourth-order valence-electron chi connectivity index (χ4n) is 4.06. The lowest BCUT2D eigenvalue weighted by Crippen LogP contribution is -2.19. The Bertz CT molecular complexity index is 1420. The zero-order chi connectivity index (χ0) is 26.8. The van der Waals surface area contributed by atoms with Crippen molar-refractivity contribution in [3.8, 4) is 22.6 Å². The maximum absolute atomic E-state index is 13.9.